The molecule has 0 radical (unpaired) electrons. The van der Waals surface area contributed by atoms with E-state index in [4.69, 9.17) is 0 Å². The van der Waals surface area contributed by atoms with E-state index in [2.05, 4.69) is 312 Å². The van der Waals surface area contributed by atoms with Crippen molar-refractivity contribution in [2.24, 2.45) is 0 Å². The van der Waals surface area contributed by atoms with Crippen molar-refractivity contribution in [1.82, 2.24) is 4.57 Å². The van der Waals surface area contributed by atoms with Crippen molar-refractivity contribution in [3.63, 3.8) is 0 Å². The van der Waals surface area contributed by atoms with Gasteiger partial charge < -0.3 is 14.4 Å². The Morgan fingerprint density at radius 3 is 1.03 bits per heavy atom. The molecule has 12 aromatic carbocycles. The van der Waals surface area contributed by atoms with Gasteiger partial charge in [0.25, 0.3) is 0 Å². The Balaban J connectivity index is 0.879. The minimum Gasteiger partial charge on any atom is -0.311 e. The normalized spacial score (nSPS) is 11.5. The molecule has 3 heteroatoms. The molecule has 0 atom stereocenters. The number of anilines is 6. The molecule has 0 fully saturated rings. The number of benzene rings is 12. The van der Waals surface area contributed by atoms with Gasteiger partial charge in [0.05, 0.1) is 16.7 Å². The number of fused-ring (bicyclic) bond motifs is 8. The van der Waals surface area contributed by atoms with Crippen molar-refractivity contribution in [2.45, 2.75) is 0 Å². The van der Waals surface area contributed by atoms with Crippen molar-refractivity contribution >= 4 is 55.9 Å². The molecule has 1 aromatic heterocycles. The van der Waals surface area contributed by atoms with Gasteiger partial charge in [-0.1, -0.05) is 194 Å². The molecule has 0 unspecified atom stereocenters. The Kier molecular flexibility index (Phi) is 10.8. The summed E-state index contributed by atoms with van der Waals surface area (Å²) in [5, 5.41) is 2.45. The van der Waals surface area contributed by atoms with Crippen molar-refractivity contribution in [2.75, 3.05) is 9.80 Å². The van der Waals surface area contributed by atoms with Gasteiger partial charge in [-0.3, -0.25) is 0 Å². The average Bonchev–Trinajstić information content (AvgIpc) is 3.81. The Hall–Kier alpha value is -9.96. The quantitative estimate of drug-likeness (QED) is 0.135. The Bertz CT molecular complexity index is 4170. The van der Waals surface area contributed by atoms with Crippen LogP contribution in [0.15, 0.2) is 297 Å². The predicted octanol–water partition coefficient (Wildman–Crippen LogP) is 20.0. The number of aromatic nitrogens is 1. The summed E-state index contributed by atoms with van der Waals surface area (Å²) in [5.41, 5.74) is 24.6. The van der Waals surface area contributed by atoms with E-state index in [-0.39, 0.29) is 0 Å². The Morgan fingerprint density at radius 2 is 0.547 bits per heavy atom. The molecule has 75 heavy (non-hydrogen) atoms. The van der Waals surface area contributed by atoms with Crippen LogP contribution in [-0.4, -0.2) is 4.57 Å². The number of para-hydroxylation sites is 3. The van der Waals surface area contributed by atoms with Gasteiger partial charge in [0.2, 0.25) is 0 Å². The molecule has 1 aliphatic heterocycles. The van der Waals surface area contributed by atoms with E-state index < -0.39 is 0 Å². The number of hydrogen-bond donors (Lipinski definition) is 0. The predicted molar refractivity (Wildman–Crippen MR) is 316 cm³/mol. The first-order chi connectivity index (χ1) is 37.2. The lowest BCUT2D eigenvalue weighted by atomic mass is 9.91. The summed E-state index contributed by atoms with van der Waals surface area (Å²) in [4.78, 5) is 4.68. The zero-order valence-corrected chi connectivity index (χ0v) is 41.1. The molecule has 13 aromatic rings. The summed E-state index contributed by atoms with van der Waals surface area (Å²) >= 11 is 0. The fourth-order valence-electron chi connectivity index (χ4n) is 11.3. The zero-order chi connectivity index (χ0) is 49.7. The minimum atomic E-state index is 1.09. The fourth-order valence-corrected chi connectivity index (χ4v) is 11.3. The number of rotatable bonds is 10. The third-order valence-electron chi connectivity index (χ3n) is 14.9. The van der Waals surface area contributed by atoms with E-state index >= 15 is 0 Å². The second kappa shape index (κ2) is 18.6. The first-order valence-corrected chi connectivity index (χ1v) is 25.7. The van der Waals surface area contributed by atoms with Crippen LogP contribution in [0.1, 0.15) is 0 Å². The smallest absolute Gasteiger partial charge is 0.0620 e. The summed E-state index contributed by atoms with van der Waals surface area (Å²) in [6.07, 6.45) is 0. The van der Waals surface area contributed by atoms with E-state index in [1.54, 1.807) is 0 Å². The SMILES string of the molecule is c1ccc(-c2ccc(N(c3ccccc3)c3ccc(-c4ccc5c(c4)c4cc(-c6ccc(N(c7ccccc7)c7ccc(-c8ccccc8)cc7)cc6)cc6c4n5-c4ccccc4-c4ccccc4-6)cc3)cc2)cc1. The van der Waals surface area contributed by atoms with Crippen LogP contribution in [0, 0.1) is 0 Å². The van der Waals surface area contributed by atoms with E-state index in [0.29, 0.717) is 0 Å². The molecular weight excluding hydrogens is 907 g/mol. The highest BCUT2D eigenvalue weighted by molar-refractivity contribution is 6.18. The van der Waals surface area contributed by atoms with Crippen LogP contribution in [-0.2, 0) is 0 Å². The van der Waals surface area contributed by atoms with Crippen molar-refractivity contribution < 1.29 is 0 Å². The second-order valence-corrected chi connectivity index (χ2v) is 19.3. The largest absolute Gasteiger partial charge is 0.311 e. The molecule has 0 bridgehead atoms. The number of hydrogen-bond acceptors (Lipinski definition) is 2. The number of nitrogens with zero attached hydrogens (tertiary/aromatic N) is 3. The molecule has 0 spiro atoms. The maximum Gasteiger partial charge on any atom is 0.0620 e. The van der Waals surface area contributed by atoms with Crippen LogP contribution in [0.3, 0.4) is 0 Å². The van der Waals surface area contributed by atoms with Gasteiger partial charge in [0.1, 0.15) is 0 Å². The standard InChI is InChI=1S/C72H49N3/c1-5-17-50(18-6-1)52-29-38-60(39-30-52)73(58-21-9-3-10-22-58)62-42-33-54(34-43-62)56-37-46-71-67(47-56)69-49-57(48-68-65-26-14-13-25-64(65)66-27-15-16-28-70(66)75(71)72(68)69)55-35-44-63(45-36-55)74(59-23-11-4-12-24-59)61-40-31-53(32-41-61)51-19-7-2-8-20-51/h1-49H. The van der Waals surface area contributed by atoms with Crippen LogP contribution in [0.25, 0.3) is 94.3 Å². The summed E-state index contributed by atoms with van der Waals surface area (Å²) in [5.74, 6) is 0. The molecule has 2 heterocycles. The highest BCUT2D eigenvalue weighted by atomic mass is 15.1. The molecule has 3 nitrogen and oxygen atoms in total. The molecule has 352 valence electrons. The molecule has 1 aliphatic rings. The van der Waals surface area contributed by atoms with Gasteiger partial charge >= 0.3 is 0 Å². The summed E-state index contributed by atoms with van der Waals surface area (Å²) in [6, 6.07) is 108. The van der Waals surface area contributed by atoms with Gasteiger partial charge in [-0.15, -0.1) is 0 Å². The highest BCUT2D eigenvalue weighted by Gasteiger charge is 2.26. The lowest BCUT2D eigenvalue weighted by Crippen LogP contribution is -2.09. The molecular formula is C72H49N3. The average molecular weight is 956 g/mol. The van der Waals surface area contributed by atoms with Crippen molar-refractivity contribution in [3.05, 3.63) is 297 Å². The monoisotopic (exact) mass is 955 g/mol. The topological polar surface area (TPSA) is 11.4 Å². The molecule has 0 amide bonds. The third kappa shape index (κ3) is 7.86. The molecule has 0 saturated heterocycles. The zero-order valence-electron chi connectivity index (χ0n) is 41.1. The molecule has 0 N–H and O–H groups in total. The van der Waals surface area contributed by atoms with E-state index in [0.717, 1.165) is 45.3 Å². The first kappa shape index (κ1) is 43.8. The van der Waals surface area contributed by atoms with Gasteiger partial charge in [0.15, 0.2) is 0 Å². The Morgan fingerprint density at radius 1 is 0.213 bits per heavy atom. The highest BCUT2D eigenvalue weighted by Crippen LogP contribution is 2.49. The van der Waals surface area contributed by atoms with Crippen molar-refractivity contribution in [1.29, 1.82) is 0 Å². The maximum absolute atomic E-state index is 2.51. The van der Waals surface area contributed by atoms with Crippen LogP contribution in [0.2, 0.25) is 0 Å². The van der Waals surface area contributed by atoms with Gasteiger partial charge in [0, 0.05) is 56.0 Å². The second-order valence-electron chi connectivity index (χ2n) is 19.3. The van der Waals surface area contributed by atoms with Gasteiger partial charge in [-0.05, 0) is 159 Å². The van der Waals surface area contributed by atoms with Crippen LogP contribution >= 0.6 is 0 Å². The first-order valence-electron chi connectivity index (χ1n) is 25.7. The third-order valence-corrected chi connectivity index (χ3v) is 14.9. The molecule has 0 aliphatic carbocycles. The van der Waals surface area contributed by atoms with E-state index in [1.807, 2.05) is 0 Å². The van der Waals surface area contributed by atoms with E-state index in [9.17, 15) is 0 Å². The van der Waals surface area contributed by atoms with Crippen LogP contribution in [0.4, 0.5) is 34.1 Å². The summed E-state index contributed by atoms with van der Waals surface area (Å²) in [6.45, 7) is 0. The lowest BCUT2D eigenvalue weighted by Gasteiger charge is -2.26. The van der Waals surface area contributed by atoms with Gasteiger partial charge in [-0.2, -0.15) is 0 Å². The Labute approximate surface area is 437 Å². The summed E-state index contributed by atoms with van der Waals surface area (Å²) in [7, 11) is 0. The minimum absolute atomic E-state index is 1.09. The summed E-state index contributed by atoms with van der Waals surface area (Å²) < 4.78 is 2.51. The molecule has 0 saturated carbocycles. The van der Waals surface area contributed by atoms with Crippen LogP contribution in [0.5, 0.6) is 0 Å². The van der Waals surface area contributed by atoms with E-state index in [1.165, 1.54) is 83.1 Å². The fraction of sp³-hybridized carbons (Fsp3) is 0. The maximum atomic E-state index is 2.51. The van der Waals surface area contributed by atoms with Crippen molar-refractivity contribution in [3.8, 4) is 72.4 Å². The lowest BCUT2D eigenvalue weighted by molar-refractivity contribution is 1.19. The van der Waals surface area contributed by atoms with Gasteiger partial charge in [-0.25, -0.2) is 0 Å². The molecule has 14 rings (SSSR count). The van der Waals surface area contributed by atoms with Crippen LogP contribution < -0.4 is 9.80 Å².